The third-order valence-electron chi connectivity index (χ3n) is 4.21. The topological polar surface area (TPSA) is 91.8 Å². The molecule has 7 nitrogen and oxygen atoms in total. The van der Waals surface area contributed by atoms with Crippen molar-refractivity contribution in [2.24, 2.45) is 5.92 Å². The van der Waals surface area contributed by atoms with Crippen molar-refractivity contribution in [2.75, 3.05) is 10.6 Å². The highest BCUT2D eigenvalue weighted by Crippen LogP contribution is 2.20. The average Bonchev–Trinajstić information content (AvgIpc) is 3.04. The summed E-state index contributed by atoms with van der Waals surface area (Å²) in [6, 6.07) is 14.1. The maximum absolute atomic E-state index is 12.5. The minimum atomic E-state index is -0.251. The fraction of sp³-hybridized carbons (Fsp3) is 0.238. The Morgan fingerprint density at radius 3 is 2.17 bits per heavy atom. The molecule has 9 heteroatoms. The van der Waals surface area contributed by atoms with Crippen LogP contribution in [0.4, 0.5) is 11.4 Å². The molecule has 3 aromatic rings. The highest BCUT2D eigenvalue weighted by atomic mass is 35.5. The quantitative estimate of drug-likeness (QED) is 0.453. The Bertz CT molecular complexity index is 1090. The van der Waals surface area contributed by atoms with Gasteiger partial charge in [-0.05, 0) is 66.7 Å². The predicted molar refractivity (Wildman–Crippen MR) is 121 cm³/mol. The summed E-state index contributed by atoms with van der Waals surface area (Å²) in [4.78, 5) is 24.4. The summed E-state index contributed by atoms with van der Waals surface area (Å²) in [5, 5.41) is 13.2. The lowest BCUT2D eigenvalue weighted by atomic mass is 10.1. The van der Waals surface area contributed by atoms with Gasteiger partial charge in [-0.3, -0.25) is 19.3 Å². The molecule has 156 valence electrons. The Balaban J connectivity index is 1.65. The third-order valence-corrected chi connectivity index (χ3v) is 4.77. The van der Waals surface area contributed by atoms with E-state index in [0.29, 0.717) is 33.4 Å². The van der Waals surface area contributed by atoms with E-state index in [1.165, 1.54) is 0 Å². The van der Waals surface area contributed by atoms with Gasteiger partial charge in [0.1, 0.15) is 6.54 Å². The second kappa shape index (κ2) is 9.69. The first-order chi connectivity index (χ1) is 14.3. The molecule has 0 radical (unpaired) electrons. The van der Waals surface area contributed by atoms with Crippen LogP contribution in [-0.4, -0.2) is 26.6 Å². The molecule has 0 saturated carbocycles. The van der Waals surface area contributed by atoms with Crippen LogP contribution in [0.15, 0.2) is 48.5 Å². The Morgan fingerprint density at radius 2 is 1.60 bits per heavy atom. The zero-order valence-corrected chi connectivity index (χ0v) is 18.2. The number of carbonyl (C=O) groups is 2. The average molecular weight is 444 g/mol. The molecular weight excluding hydrogens is 422 g/mol. The number of rotatable bonds is 7. The van der Waals surface area contributed by atoms with Crippen molar-refractivity contribution < 1.29 is 9.59 Å². The molecule has 0 spiro atoms. The number of benzene rings is 2. The van der Waals surface area contributed by atoms with Crippen LogP contribution in [0.25, 0.3) is 11.4 Å². The maximum atomic E-state index is 12.5. The molecule has 0 bridgehead atoms. The minimum absolute atomic E-state index is 0.000168. The van der Waals surface area contributed by atoms with E-state index < -0.39 is 0 Å². The van der Waals surface area contributed by atoms with Gasteiger partial charge in [0, 0.05) is 28.4 Å². The van der Waals surface area contributed by atoms with E-state index in [4.69, 9.17) is 23.8 Å². The molecule has 1 aromatic heterocycles. The van der Waals surface area contributed by atoms with Crippen LogP contribution in [0.5, 0.6) is 0 Å². The van der Waals surface area contributed by atoms with E-state index in [-0.39, 0.29) is 24.3 Å². The summed E-state index contributed by atoms with van der Waals surface area (Å²) in [5.41, 5.74) is 2.09. The fourth-order valence-corrected chi connectivity index (χ4v) is 3.17. The smallest absolute Gasteiger partial charge is 0.244 e. The predicted octanol–water partition coefficient (Wildman–Crippen LogP) is 4.88. The van der Waals surface area contributed by atoms with Crippen LogP contribution in [0.3, 0.4) is 0 Å². The van der Waals surface area contributed by atoms with E-state index in [1.807, 2.05) is 26.0 Å². The zero-order valence-electron chi connectivity index (χ0n) is 16.6. The molecule has 0 saturated heterocycles. The number of carbonyl (C=O) groups excluding carboxylic acids is 2. The number of hydrogen-bond donors (Lipinski definition) is 3. The summed E-state index contributed by atoms with van der Waals surface area (Å²) in [6.45, 7) is 3.98. The van der Waals surface area contributed by atoms with E-state index in [1.54, 1.807) is 41.0 Å². The number of nitrogens with one attached hydrogen (secondary N) is 3. The minimum Gasteiger partial charge on any atom is -0.326 e. The van der Waals surface area contributed by atoms with E-state index >= 15 is 0 Å². The molecule has 3 rings (SSSR count). The molecule has 30 heavy (non-hydrogen) atoms. The molecule has 0 aliphatic rings. The second-order valence-electron chi connectivity index (χ2n) is 7.22. The van der Waals surface area contributed by atoms with Crippen molar-refractivity contribution in [2.45, 2.75) is 26.8 Å². The van der Waals surface area contributed by atoms with Gasteiger partial charge in [0.25, 0.3) is 0 Å². The number of amides is 2. The SMILES string of the molecule is CC(C)CC(=O)Nc1ccc(NC(=O)Cn2c(-c3ccc(Cl)cc3)n[nH]c2=S)cc1. The van der Waals surface area contributed by atoms with Crippen LogP contribution in [0.1, 0.15) is 20.3 Å². The second-order valence-corrected chi connectivity index (χ2v) is 8.04. The zero-order chi connectivity index (χ0) is 21.7. The normalized spacial score (nSPS) is 10.8. The van der Waals surface area contributed by atoms with Crippen molar-refractivity contribution in [1.82, 2.24) is 14.8 Å². The first kappa shape index (κ1) is 21.7. The van der Waals surface area contributed by atoms with Gasteiger partial charge in [0.2, 0.25) is 11.8 Å². The lowest BCUT2D eigenvalue weighted by Crippen LogP contribution is -2.19. The fourth-order valence-electron chi connectivity index (χ4n) is 2.85. The van der Waals surface area contributed by atoms with Gasteiger partial charge < -0.3 is 10.6 Å². The molecular formula is C21H22ClN5O2S. The number of H-pyrrole nitrogens is 1. The van der Waals surface area contributed by atoms with Crippen molar-refractivity contribution in [1.29, 1.82) is 0 Å². The summed E-state index contributed by atoms with van der Waals surface area (Å²) in [6.07, 6.45) is 0.458. The molecule has 0 aliphatic carbocycles. The Labute approximate surface area is 184 Å². The molecule has 0 unspecified atom stereocenters. The van der Waals surface area contributed by atoms with Gasteiger partial charge in [-0.25, -0.2) is 0 Å². The summed E-state index contributed by atoms with van der Waals surface area (Å²) >= 11 is 11.2. The molecule has 0 fully saturated rings. The van der Waals surface area contributed by atoms with Crippen LogP contribution >= 0.6 is 23.8 Å². The number of aromatic amines is 1. The summed E-state index contributed by atoms with van der Waals surface area (Å²) < 4.78 is 1.97. The highest BCUT2D eigenvalue weighted by Gasteiger charge is 2.13. The van der Waals surface area contributed by atoms with Gasteiger partial charge in [0.15, 0.2) is 10.6 Å². The number of aromatic nitrogens is 3. The first-order valence-electron chi connectivity index (χ1n) is 9.42. The Morgan fingerprint density at radius 1 is 1.03 bits per heavy atom. The first-order valence-corrected chi connectivity index (χ1v) is 10.2. The monoisotopic (exact) mass is 443 g/mol. The van der Waals surface area contributed by atoms with Gasteiger partial charge in [0.05, 0.1) is 0 Å². The number of anilines is 2. The molecule has 2 aromatic carbocycles. The maximum Gasteiger partial charge on any atom is 0.244 e. The molecule has 0 atom stereocenters. The van der Waals surface area contributed by atoms with Crippen LogP contribution in [-0.2, 0) is 16.1 Å². The van der Waals surface area contributed by atoms with Crippen molar-refractivity contribution in [3.8, 4) is 11.4 Å². The standard InChI is InChI=1S/C21H22ClN5O2S/c1-13(2)11-18(28)23-16-7-9-17(10-8-16)24-19(29)12-27-20(25-26-21(27)30)14-3-5-15(22)6-4-14/h3-10,13H,11-12H2,1-2H3,(H,23,28)(H,24,29)(H,26,30). The van der Waals surface area contributed by atoms with Gasteiger partial charge in [-0.2, -0.15) is 5.10 Å². The van der Waals surface area contributed by atoms with Crippen molar-refractivity contribution in [3.63, 3.8) is 0 Å². The number of hydrogen-bond acceptors (Lipinski definition) is 4. The van der Waals surface area contributed by atoms with Crippen LogP contribution < -0.4 is 10.6 Å². The summed E-state index contributed by atoms with van der Waals surface area (Å²) in [5.74, 6) is 0.552. The van der Waals surface area contributed by atoms with Gasteiger partial charge in [-0.15, -0.1) is 0 Å². The van der Waals surface area contributed by atoms with Gasteiger partial charge in [-0.1, -0.05) is 25.4 Å². The Hall–Kier alpha value is -2.97. The van der Waals surface area contributed by atoms with Gasteiger partial charge >= 0.3 is 0 Å². The number of nitrogens with zero attached hydrogens (tertiary/aromatic N) is 2. The lowest BCUT2D eigenvalue weighted by Gasteiger charge is -2.10. The number of halogens is 1. The van der Waals surface area contributed by atoms with E-state index in [2.05, 4.69) is 20.8 Å². The largest absolute Gasteiger partial charge is 0.326 e. The Kier molecular flexibility index (Phi) is 7.02. The van der Waals surface area contributed by atoms with E-state index in [0.717, 1.165) is 5.56 Å². The molecule has 1 heterocycles. The van der Waals surface area contributed by atoms with Crippen molar-refractivity contribution >= 4 is 47.0 Å². The highest BCUT2D eigenvalue weighted by molar-refractivity contribution is 7.71. The molecule has 3 N–H and O–H groups in total. The van der Waals surface area contributed by atoms with Crippen molar-refractivity contribution in [3.05, 3.63) is 58.3 Å². The lowest BCUT2D eigenvalue weighted by molar-refractivity contribution is -0.117. The molecule has 2 amide bonds. The van der Waals surface area contributed by atoms with Crippen LogP contribution in [0.2, 0.25) is 5.02 Å². The van der Waals surface area contributed by atoms with Crippen LogP contribution in [0, 0.1) is 10.7 Å². The molecule has 0 aliphatic heterocycles. The van der Waals surface area contributed by atoms with E-state index in [9.17, 15) is 9.59 Å². The third kappa shape index (κ3) is 5.77. The summed E-state index contributed by atoms with van der Waals surface area (Å²) in [7, 11) is 0.